The van der Waals surface area contributed by atoms with E-state index in [-0.39, 0.29) is 11.4 Å². The SMILES string of the molecule is C=CC1(c2cc(C(=O)OC)ccc2CC)CCCC1. The summed E-state index contributed by atoms with van der Waals surface area (Å²) < 4.78 is 4.83. The molecule has 2 rings (SSSR count). The number of carbonyl (C=O) groups excluding carboxylic acids is 1. The Labute approximate surface area is 115 Å². The highest BCUT2D eigenvalue weighted by atomic mass is 16.5. The van der Waals surface area contributed by atoms with Gasteiger partial charge in [-0.2, -0.15) is 0 Å². The minimum Gasteiger partial charge on any atom is -0.465 e. The largest absolute Gasteiger partial charge is 0.465 e. The molecule has 0 bridgehead atoms. The van der Waals surface area contributed by atoms with Crippen molar-refractivity contribution in [1.29, 1.82) is 0 Å². The zero-order valence-corrected chi connectivity index (χ0v) is 11.9. The number of benzene rings is 1. The number of esters is 1. The van der Waals surface area contributed by atoms with Crippen LogP contribution in [-0.4, -0.2) is 13.1 Å². The molecule has 2 nitrogen and oxygen atoms in total. The lowest BCUT2D eigenvalue weighted by molar-refractivity contribution is 0.0600. The van der Waals surface area contributed by atoms with Gasteiger partial charge in [0.05, 0.1) is 12.7 Å². The van der Waals surface area contributed by atoms with Crippen LogP contribution >= 0.6 is 0 Å². The highest BCUT2D eigenvalue weighted by Crippen LogP contribution is 2.43. The number of rotatable bonds is 4. The fraction of sp³-hybridized carbons (Fsp3) is 0.471. The summed E-state index contributed by atoms with van der Waals surface area (Å²) in [5, 5.41) is 0. The summed E-state index contributed by atoms with van der Waals surface area (Å²) in [6.07, 6.45) is 7.79. The van der Waals surface area contributed by atoms with E-state index in [1.54, 1.807) is 0 Å². The second-order valence-electron chi connectivity index (χ2n) is 5.28. The van der Waals surface area contributed by atoms with Gasteiger partial charge in [0.15, 0.2) is 0 Å². The van der Waals surface area contributed by atoms with E-state index in [0.717, 1.165) is 19.3 Å². The van der Waals surface area contributed by atoms with Crippen molar-refractivity contribution < 1.29 is 9.53 Å². The molecule has 0 N–H and O–H groups in total. The zero-order valence-electron chi connectivity index (χ0n) is 11.9. The van der Waals surface area contributed by atoms with Crippen molar-refractivity contribution in [2.45, 2.75) is 44.4 Å². The predicted molar refractivity (Wildman–Crippen MR) is 77.5 cm³/mol. The molecular formula is C17H22O2. The van der Waals surface area contributed by atoms with Gasteiger partial charge in [0.1, 0.15) is 0 Å². The number of carbonyl (C=O) groups is 1. The number of hydrogen-bond donors (Lipinski definition) is 0. The fourth-order valence-electron chi connectivity index (χ4n) is 3.18. The van der Waals surface area contributed by atoms with E-state index in [0.29, 0.717) is 5.56 Å². The first-order valence-corrected chi connectivity index (χ1v) is 7.02. The molecule has 0 amide bonds. The van der Waals surface area contributed by atoms with Crippen LogP contribution in [0.15, 0.2) is 30.9 Å². The van der Waals surface area contributed by atoms with Crippen molar-refractivity contribution in [2.24, 2.45) is 0 Å². The molecule has 0 aromatic heterocycles. The molecule has 2 heteroatoms. The van der Waals surface area contributed by atoms with Crippen molar-refractivity contribution in [3.05, 3.63) is 47.5 Å². The summed E-state index contributed by atoms with van der Waals surface area (Å²) in [7, 11) is 1.43. The summed E-state index contributed by atoms with van der Waals surface area (Å²) in [4.78, 5) is 11.7. The van der Waals surface area contributed by atoms with Gasteiger partial charge >= 0.3 is 5.97 Å². The van der Waals surface area contributed by atoms with Crippen LogP contribution in [-0.2, 0) is 16.6 Å². The van der Waals surface area contributed by atoms with E-state index in [9.17, 15) is 4.79 Å². The Morgan fingerprint density at radius 2 is 2.11 bits per heavy atom. The van der Waals surface area contributed by atoms with Gasteiger partial charge in [0.25, 0.3) is 0 Å². The average Bonchev–Trinajstić information content (AvgIpc) is 2.95. The Bertz CT molecular complexity index is 482. The molecule has 1 fully saturated rings. The molecule has 1 saturated carbocycles. The molecule has 1 aliphatic rings. The maximum Gasteiger partial charge on any atom is 0.337 e. The van der Waals surface area contributed by atoms with Crippen molar-refractivity contribution in [1.82, 2.24) is 0 Å². The number of hydrogen-bond acceptors (Lipinski definition) is 2. The maximum atomic E-state index is 11.7. The molecule has 0 aliphatic heterocycles. The Hall–Kier alpha value is -1.57. The highest BCUT2D eigenvalue weighted by Gasteiger charge is 2.34. The molecular weight excluding hydrogens is 236 g/mol. The van der Waals surface area contributed by atoms with Crippen LogP contribution in [0, 0.1) is 0 Å². The summed E-state index contributed by atoms with van der Waals surface area (Å²) in [6, 6.07) is 5.93. The highest BCUT2D eigenvalue weighted by molar-refractivity contribution is 5.89. The second kappa shape index (κ2) is 5.60. The smallest absolute Gasteiger partial charge is 0.337 e. The molecule has 0 radical (unpaired) electrons. The van der Waals surface area contributed by atoms with Crippen molar-refractivity contribution >= 4 is 5.97 Å². The lowest BCUT2D eigenvalue weighted by atomic mass is 9.76. The standard InChI is InChI=1S/C17H22O2/c1-4-13-8-9-14(16(18)19-3)12-15(13)17(5-2)10-6-7-11-17/h5,8-9,12H,2,4,6-7,10-11H2,1,3H3. The summed E-state index contributed by atoms with van der Waals surface area (Å²) in [6.45, 7) is 6.20. The Balaban J connectivity index is 2.52. The molecule has 0 unspecified atom stereocenters. The first-order valence-electron chi connectivity index (χ1n) is 7.02. The Morgan fingerprint density at radius 1 is 1.42 bits per heavy atom. The number of allylic oxidation sites excluding steroid dienone is 1. The third-order valence-electron chi connectivity index (χ3n) is 4.33. The van der Waals surface area contributed by atoms with E-state index >= 15 is 0 Å². The van der Waals surface area contributed by atoms with Gasteiger partial charge in [-0.25, -0.2) is 4.79 Å². The molecule has 0 atom stereocenters. The second-order valence-corrected chi connectivity index (χ2v) is 5.28. The number of aryl methyl sites for hydroxylation is 1. The van der Waals surface area contributed by atoms with Gasteiger partial charge in [0.2, 0.25) is 0 Å². The normalized spacial score (nSPS) is 17.2. The van der Waals surface area contributed by atoms with E-state index in [4.69, 9.17) is 4.74 Å². The first kappa shape index (κ1) is 13.9. The van der Waals surface area contributed by atoms with E-state index < -0.39 is 0 Å². The van der Waals surface area contributed by atoms with Crippen molar-refractivity contribution in [2.75, 3.05) is 7.11 Å². The number of ether oxygens (including phenoxy) is 1. The Morgan fingerprint density at radius 3 is 2.63 bits per heavy atom. The van der Waals surface area contributed by atoms with Gasteiger partial charge in [-0.1, -0.05) is 31.9 Å². The summed E-state index contributed by atoms with van der Waals surface area (Å²) >= 11 is 0. The quantitative estimate of drug-likeness (QED) is 0.602. The molecule has 1 aromatic rings. The van der Waals surface area contributed by atoms with Gasteiger partial charge in [0, 0.05) is 5.41 Å². The molecule has 0 heterocycles. The minimum atomic E-state index is -0.263. The third kappa shape index (κ3) is 2.44. The van der Waals surface area contributed by atoms with E-state index in [2.05, 4.69) is 25.6 Å². The van der Waals surface area contributed by atoms with Gasteiger partial charge < -0.3 is 4.74 Å². The topological polar surface area (TPSA) is 26.3 Å². The molecule has 1 aromatic carbocycles. The number of methoxy groups -OCH3 is 1. The van der Waals surface area contributed by atoms with Crippen LogP contribution in [0.5, 0.6) is 0 Å². The molecule has 102 valence electrons. The lowest BCUT2D eigenvalue weighted by Gasteiger charge is -2.28. The summed E-state index contributed by atoms with van der Waals surface area (Å²) in [5.74, 6) is -0.263. The van der Waals surface area contributed by atoms with Crippen LogP contribution in [0.1, 0.15) is 54.1 Å². The fourth-order valence-corrected chi connectivity index (χ4v) is 3.18. The molecule has 0 saturated heterocycles. The van der Waals surface area contributed by atoms with Crippen LogP contribution in [0.3, 0.4) is 0 Å². The van der Waals surface area contributed by atoms with Crippen molar-refractivity contribution in [3.63, 3.8) is 0 Å². The van der Waals surface area contributed by atoms with Crippen LogP contribution in [0.4, 0.5) is 0 Å². The monoisotopic (exact) mass is 258 g/mol. The van der Waals surface area contributed by atoms with Gasteiger partial charge in [-0.05, 0) is 42.5 Å². The molecule has 1 aliphatic carbocycles. The third-order valence-corrected chi connectivity index (χ3v) is 4.33. The zero-order chi connectivity index (χ0) is 13.9. The maximum absolute atomic E-state index is 11.7. The van der Waals surface area contributed by atoms with Gasteiger partial charge in [-0.15, -0.1) is 6.58 Å². The summed E-state index contributed by atoms with van der Waals surface area (Å²) in [5.41, 5.74) is 3.28. The lowest BCUT2D eigenvalue weighted by Crippen LogP contribution is -2.21. The average molecular weight is 258 g/mol. The first-order chi connectivity index (χ1) is 9.16. The Kier molecular flexibility index (Phi) is 4.08. The van der Waals surface area contributed by atoms with Crippen molar-refractivity contribution in [3.8, 4) is 0 Å². The predicted octanol–water partition coefficient (Wildman–Crippen LogP) is 4.03. The van der Waals surface area contributed by atoms with Crippen LogP contribution < -0.4 is 0 Å². The minimum absolute atomic E-state index is 0.0510. The van der Waals surface area contributed by atoms with Crippen LogP contribution in [0.25, 0.3) is 0 Å². The molecule has 19 heavy (non-hydrogen) atoms. The van der Waals surface area contributed by atoms with Crippen LogP contribution in [0.2, 0.25) is 0 Å². The molecule has 0 spiro atoms. The van der Waals surface area contributed by atoms with E-state index in [1.807, 2.05) is 12.1 Å². The van der Waals surface area contributed by atoms with Gasteiger partial charge in [-0.3, -0.25) is 0 Å². The van der Waals surface area contributed by atoms with E-state index in [1.165, 1.54) is 31.1 Å².